The van der Waals surface area contributed by atoms with E-state index < -0.39 is 0 Å². The Morgan fingerprint density at radius 3 is 2.35 bits per heavy atom. The molecule has 1 rings (SSSR count). The van der Waals surface area contributed by atoms with E-state index in [1.54, 1.807) is 10.6 Å². The molecule has 3 heteroatoms. The SMILES string of the molecule is CCC(C)n1c(C(C)(C)C)ccc(C=O)c1=O. The Kier molecular flexibility index (Phi) is 3.91. The third-order valence-corrected chi connectivity index (χ3v) is 3.07. The summed E-state index contributed by atoms with van der Waals surface area (Å²) in [6.45, 7) is 10.3. The van der Waals surface area contributed by atoms with Crippen LogP contribution in [0.2, 0.25) is 0 Å². The Balaban J connectivity index is 3.58. The molecular weight excluding hydrogens is 214 g/mol. The first kappa shape index (κ1) is 13.7. The minimum Gasteiger partial charge on any atom is -0.309 e. The molecular formula is C14H21NO2. The van der Waals surface area contributed by atoms with Gasteiger partial charge in [-0.15, -0.1) is 0 Å². The molecule has 0 saturated heterocycles. The quantitative estimate of drug-likeness (QED) is 0.756. The van der Waals surface area contributed by atoms with E-state index in [9.17, 15) is 9.59 Å². The molecule has 1 aromatic rings. The van der Waals surface area contributed by atoms with Gasteiger partial charge in [-0.3, -0.25) is 9.59 Å². The van der Waals surface area contributed by atoms with E-state index >= 15 is 0 Å². The summed E-state index contributed by atoms with van der Waals surface area (Å²) in [4.78, 5) is 23.0. The van der Waals surface area contributed by atoms with Crippen LogP contribution in [0.4, 0.5) is 0 Å². The molecule has 0 aliphatic rings. The second-order valence-corrected chi connectivity index (χ2v) is 5.47. The number of hydrogen-bond acceptors (Lipinski definition) is 2. The van der Waals surface area contributed by atoms with Gasteiger partial charge < -0.3 is 4.57 Å². The van der Waals surface area contributed by atoms with Gasteiger partial charge in [0.2, 0.25) is 0 Å². The van der Waals surface area contributed by atoms with E-state index in [0.717, 1.165) is 12.1 Å². The lowest BCUT2D eigenvalue weighted by atomic mass is 9.90. The lowest BCUT2D eigenvalue weighted by Crippen LogP contribution is -2.33. The highest BCUT2D eigenvalue weighted by Gasteiger charge is 2.22. The second-order valence-electron chi connectivity index (χ2n) is 5.47. The minimum absolute atomic E-state index is 0.107. The maximum atomic E-state index is 12.2. The van der Waals surface area contributed by atoms with Crippen molar-refractivity contribution in [2.75, 3.05) is 0 Å². The van der Waals surface area contributed by atoms with Crippen molar-refractivity contribution in [1.82, 2.24) is 4.57 Å². The molecule has 1 aromatic heterocycles. The maximum Gasteiger partial charge on any atom is 0.261 e. The van der Waals surface area contributed by atoms with Crippen LogP contribution in [0.5, 0.6) is 0 Å². The molecule has 0 bridgehead atoms. The Morgan fingerprint density at radius 1 is 1.35 bits per heavy atom. The summed E-state index contributed by atoms with van der Waals surface area (Å²) in [6, 6.07) is 3.61. The highest BCUT2D eigenvalue weighted by Crippen LogP contribution is 2.24. The average Bonchev–Trinajstić information content (AvgIpc) is 2.26. The minimum atomic E-state index is -0.179. The molecule has 0 spiro atoms. The van der Waals surface area contributed by atoms with Gasteiger partial charge in [-0.25, -0.2) is 0 Å². The van der Waals surface area contributed by atoms with E-state index in [2.05, 4.69) is 20.8 Å². The molecule has 17 heavy (non-hydrogen) atoms. The van der Waals surface area contributed by atoms with Gasteiger partial charge in [-0.2, -0.15) is 0 Å². The number of nitrogens with zero attached hydrogens (tertiary/aromatic N) is 1. The van der Waals surface area contributed by atoms with Crippen LogP contribution in [0.25, 0.3) is 0 Å². The number of rotatable bonds is 3. The zero-order valence-electron chi connectivity index (χ0n) is 11.3. The smallest absolute Gasteiger partial charge is 0.261 e. The van der Waals surface area contributed by atoms with Gasteiger partial charge in [0.1, 0.15) is 0 Å². The molecule has 0 aromatic carbocycles. The first-order valence-corrected chi connectivity index (χ1v) is 6.04. The Labute approximate surface area is 102 Å². The second kappa shape index (κ2) is 4.86. The molecule has 0 fully saturated rings. The zero-order valence-corrected chi connectivity index (χ0v) is 11.3. The first-order valence-electron chi connectivity index (χ1n) is 6.04. The molecule has 0 radical (unpaired) electrons. The molecule has 0 aliphatic carbocycles. The van der Waals surface area contributed by atoms with Gasteiger partial charge in [0.25, 0.3) is 5.56 Å². The molecule has 0 N–H and O–H groups in total. The third kappa shape index (κ3) is 2.65. The lowest BCUT2D eigenvalue weighted by Gasteiger charge is -2.27. The summed E-state index contributed by atoms with van der Waals surface area (Å²) in [6.07, 6.45) is 1.50. The Morgan fingerprint density at radius 2 is 1.94 bits per heavy atom. The van der Waals surface area contributed by atoms with Crippen LogP contribution < -0.4 is 5.56 Å². The summed E-state index contributed by atoms with van der Waals surface area (Å²) in [5.41, 5.74) is 0.923. The van der Waals surface area contributed by atoms with Crippen molar-refractivity contribution in [3.8, 4) is 0 Å². The maximum absolute atomic E-state index is 12.2. The molecule has 1 atom stereocenters. The highest BCUT2D eigenvalue weighted by molar-refractivity contribution is 5.74. The standard InChI is InChI=1S/C14H21NO2/c1-6-10(2)15-12(14(3,4)5)8-7-11(9-16)13(15)17/h7-10H,6H2,1-5H3. The number of pyridine rings is 1. The highest BCUT2D eigenvalue weighted by atomic mass is 16.1. The molecule has 3 nitrogen and oxygen atoms in total. The molecule has 1 heterocycles. The van der Waals surface area contributed by atoms with Gasteiger partial charge in [-0.05, 0) is 25.5 Å². The van der Waals surface area contributed by atoms with E-state index in [0.29, 0.717) is 6.29 Å². The van der Waals surface area contributed by atoms with Crippen molar-refractivity contribution < 1.29 is 4.79 Å². The monoisotopic (exact) mass is 235 g/mol. The number of aromatic nitrogens is 1. The van der Waals surface area contributed by atoms with Crippen LogP contribution in [-0.2, 0) is 5.41 Å². The van der Waals surface area contributed by atoms with Gasteiger partial charge >= 0.3 is 0 Å². The fourth-order valence-corrected chi connectivity index (χ4v) is 1.89. The first-order chi connectivity index (χ1) is 7.82. The number of carbonyl (C=O) groups is 1. The molecule has 0 amide bonds. The van der Waals surface area contributed by atoms with E-state index in [-0.39, 0.29) is 22.6 Å². The van der Waals surface area contributed by atoms with Crippen molar-refractivity contribution in [1.29, 1.82) is 0 Å². The molecule has 0 saturated carbocycles. The predicted molar refractivity (Wildman–Crippen MR) is 69.8 cm³/mol. The Hall–Kier alpha value is -1.38. The average molecular weight is 235 g/mol. The van der Waals surface area contributed by atoms with Crippen LogP contribution in [0, 0.1) is 0 Å². The fourth-order valence-electron chi connectivity index (χ4n) is 1.89. The van der Waals surface area contributed by atoms with Crippen molar-refractivity contribution in [2.24, 2.45) is 0 Å². The van der Waals surface area contributed by atoms with Gasteiger partial charge in [0.05, 0.1) is 5.56 Å². The fraction of sp³-hybridized carbons (Fsp3) is 0.571. The Bertz CT molecular complexity index is 466. The number of hydrogen-bond donors (Lipinski definition) is 0. The van der Waals surface area contributed by atoms with Crippen molar-refractivity contribution in [2.45, 2.75) is 52.5 Å². The number of aldehydes is 1. The predicted octanol–water partition coefficient (Wildman–Crippen LogP) is 2.93. The zero-order chi connectivity index (χ0) is 13.2. The van der Waals surface area contributed by atoms with Crippen LogP contribution in [0.1, 0.15) is 63.1 Å². The molecule has 0 aliphatic heterocycles. The lowest BCUT2D eigenvalue weighted by molar-refractivity contribution is 0.112. The molecule has 1 unspecified atom stereocenters. The molecule has 94 valence electrons. The summed E-state index contributed by atoms with van der Waals surface area (Å²) in [5, 5.41) is 0. The van der Waals surface area contributed by atoms with Crippen molar-refractivity contribution in [3.05, 3.63) is 33.7 Å². The van der Waals surface area contributed by atoms with Gasteiger partial charge in [-0.1, -0.05) is 27.7 Å². The van der Waals surface area contributed by atoms with Crippen LogP contribution in [0.3, 0.4) is 0 Å². The van der Waals surface area contributed by atoms with Crippen LogP contribution in [-0.4, -0.2) is 10.9 Å². The van der Waals surface area contributed by atoms with E-state index in [4.69, 9.17) is 0 Å². The topological polar surface area (TPSA) is 39.1 Å². The van der Waals surface area contributed by atoms with Gasteiger partial charge in [0, 0.05) is 17.2 Å². The summed E-state index contributed by atoms with van der Waals surface area (Å²) in [7, 11) is 0. The third-order valence-electron chi connectivity index (χ3n) is 3.07. The summed E-state index contributed by atoms with van der Waals surface area (Å²) in [5.74, 6) is 0. The van der Waals surface area contributed by atoms with Crippen molar-refractivity contribution >= 4 is 6.29 Å². The van der Waals surface area contributed by atoms with E-state index in [1.165, 1.54) is 0 Å². The van der Waals surface area contributed by atoms with Crippen molar-refractivity contribution in [3.63, 3.8) is 0 Å². The number of carbonyl (C=O) groups excluding carboxylic acids is 1. The summed E-state index contributed by atoms with van der Waals surface area (Å²) < 4.78 is 1.75. The van der Waals surface area contributed by atoms with Crippen LogP contribution in [0.15, 0.2) is 16.9 Å². The normalized spacial score (nSPS) is 13.5. The largest absolute Gasteiger partial charge is 0.309 e. The van der Waals surface area contributed by atoms with Crippen LogP contribution >= 0.6 is 0 Å². The van der Waals surface area contributed by atoms with Gasteiger partial charge in [0.15, 0.2) is 6.29 Å². The summed E-state index contributed by atoms with van der Waals surface area (Å²) >= 11 is 0. The van der Waals surface area contributed by atoms with E-state index in [1.807, 2.05) is 19.9 Å².